The molecule has 2 rings (SSSR count). The molecule has 7 nitrogen and oxygen atoms in total. The zero-order valence-corrected chi connectivity index (χ0v) is 15.8. The number of hydrogen-bond acceptors (Lipinski definition) is 5. The van der Waals surface area contributed by atoms with Crippen molar-refractivity contribution in [3.8, 4) is 0 Å². The van der Waals surface area contributed by atoms with Crippen molar-refractivity contribution < 1.29 is 19.1 Å². The van der Waals surface area contributed by atoms with Gasteiger partial charge in [-0.05, 0) is 31.7 Å². The fourth-order valence-corrected chi connectivity index (χ4v) is 3.19. The van der Waals surface area contributed by atoms with Gasteiger partial charge in [0.05, 0.1) is 25.6 Å². The lowest BCUT2D eigenvalue weighted by atomic mass is 9.86. The first-order valence-electron chi connectivity index (χ1n) is 9.55. The zero-order valence-electron chi connectivity index (χ0n) is 15.8. The largest absolute Gasteiger partial charge is 0.466 e. The Bertz CT molecular complexity index is 621. The minimum atomic E-state index is -0.233. The van der Waals surface area contributed by atoms with Gasteiger partial charge in [0.1, 0.15) is 0 Å². The first kappa shape index (κ1) is 20.9. The van der Waals surface area contributed by atoms with Gasteiger partial charge in [0.15, 0.2) is 0 Å². The molecule has 1 saturated carbocycles. The van der Waals surface area contributed by atoms with Crippen molar-refractivity contribution in [3.63, 3.8) is 0 Å². The molecule has 0 heterocycles. The van der Waals surface area contributed by atoms with Crippen LogP contribution in [0.1, 0.15) is 38.2 Å². The minimum Gasteiger partial charge on any atom is -0.466 e. The van der Waals surface area contributed by atoms with E-state index < -0.39 is 0 Å². The van der Waals surface area contributed by atoms with Crippen molar-refractivity contribution in [2.45, 2.75) is 45.2 Å². The van der Waals surface area contributed by atoms with Crippen molar-refractivity contribution in [2.75, 3.05) is 19.7 Å². The average molecular weight is 375 g/mol. The Morgan fingerprint density at radius 3 is 2.52 bits per heavy atom. The molecule has 1 aromatic rings. The topological polar surface area (TPSA) is 96.5 Å². The van der Waals surface area contributed by atoms with Gasteiger partial charge in [0, 0.05) is 12.6 Å². The van der Waals surface area contributed by atoms with Crippen LogP contribution < -0.4 is 16.0 Å². The highest BCUT2D eigenvalue weighted by atomic mass is 16.5. The second kappa shape index (κ2) is 11.3. The molecule has 0 saturated heterocycles. The van der Waals surface area contributed by atoms with Crippen LogP contribution in [0.2, 0.25) is 0 Å². The Labute approximate surface area is 160 Å². The summed E-state index contributed by atoms with van der Waals surface area (Å²) in [5.74, 6) is -0.707. The summed E-state index contributed by atoms with van der Waals surface area (Å²) in [6, 6.07) is 9.71. The molecule has 3 N–H and O–H groups in total. The third kappa shape index (κ3) is 7.78. The van der Waals surface area contributed by atoms with Gasteiger partial charge < -0.3 is 20.7 Å². The lowest BCUT2D eigenvalue weighted by Gasteiger charge is -2.28. The highest BCUT2D eigenvalue weighted by molar-refractivity contribution is 5.85. The van der Waals surface area contributed by atoms with Gasteiger partial charge in [-0.2, -0.15) is 0 Å². The lowest BCUT2D eigenvalue weighted by molar-refractivity contribution is -0.149. The molecule has 148 valence electrons. The second-order valence-electron chi connectivity index (χ2n) is 6.73. The van der Waals surface area contributed by atoms with E-state index in [1.165, 1.54) is 0 Å². The normalized spacial score (nSPS) is 19.1. The Kier molecular flexibility index (Phi) is 8.77. The van der Waals surface area contributed by atoms with Crippen LogP contribution in [0.3, 0.4) is 0 Å². The number of nitrogens with one attached hydrogen (secondary N) is 3. The van der Waals surface area contributed by atoms with Crippen LogP contribution in [0.15, 0.2) is 30.3 Å². The molecule has 0 aromatic heterocycles. The summed E-state index contributed by atoms with van der Waals surface area (Å²) in [5.41, 5.74) is 1.01. The molecule has 0 spiro atoms. The van der Waals surface area contributed by atoms with Gasteiger partial charge in [0.2, 0.25) is 11.8 Å². The zero-order chi connectivity index (χ0) is 19.5. The monoisotopic (exact) mass is 375 g/mol. The molecule has 0 bridgehead atoms. The molecule has 1 aliphatic carbocycles. The number of rotatable bonds is 9. The summed E-state index contributed by atoms with van der Waals surface area (Å²) in [6.07, 6.45) is 3.39. The lowest BCUT2D eigenvalue weighted by Crippen LogP contribution is -2.44. The SMILES string of the molecule is CCOC(=O)C1CCCC(NCC(=O)NCC(=O)NCc2ccccc2)C1. The first-order chi connectivity index (χ1) is 13.1. The molecular formula is C20H29N3O4. The standard InChI is InChI=1S/C20H29N3O4/c1-2-27-20(26)16-9-6-10-17(11-16)21-13-18(24)23-14-19(25)22-12-15-7-4-3-5-8-15/h3-5,7-8,16-17,21H,2,6,9-14H2,1H3,(H,22,25)(H,23,24). The molecule has 2 amide bonds. The van der Waals surface area contributed by atoms with Gasteiger partial charge in [-0.25, -0.2) is 0 Å². The minimum absolute atomic E-state index is 0.0521. The number of esters is 1. The highest BCUT2D eigenvalue weighted by Gasteiger charge is 2.28. The van der Waals surface area contributed by atoms with E-state index in [4.69, 9.17) is 4.74 Å². The van der Waals surface area contributed by atoms with Crippen molar-refractivity contribution in [1.29, 1.82) is 0 Å². The summed E-state index contributed by atoms with van der Waals surface area (Å²) in [7, 11) is 0. The fraction of sp³-hybridized carbons (Fsp3) is 0.550. The number of amides is 2. The number of ether oxygens (including phenoxy) is 1. The summed E-state index contributed by atoms with van der Waals surface area (Å²) >= 11 is 0. The van der Waals surface area contributed by atoms with Crippen LogP contribution in [-0.2, 0) is 25.7 Å². The third-order valence-electron chi connectivity index (χ3n) is 4.62. The van der Waals surface area contributed by atoms with E-state index in [1.807, 2.05) is 30.3 Å². The van der Waals surface area contributed by atoms with E-state index in [2.05, 4.69) is 16.0 Å². The summed E-state index contributed by atoms with van der Waals surface area (Å²) in [5, 5.41) is 8.55. The number of carbonyl (C=O) groups is 3. The molecule has 1 aliphatic rings. The van der Waals surface area contributed by atoms with Crippen LogP contribution >= 0.6 is 0 Å². The number of carbonyl (C=O) groups excluding carboxylic acids is 3. The Hall–Kier alpha value is -2.41. The van der Waals surface area contributed by atoms with Crippen LogP contribution in [0.5, 0.6) is 0 Å². The molecule has 1 fully saturated rings. The van der Waals surface area contributed by atoms with Crippen LogP contribution in [-0.4, -0.2) is 43.5 Å². The molecule has 2 atom stereocenters. The average Bonchev–Trinajstić information content (AvgIpc) is 2.70. The Balaban J connectivity index is 1.61. The molecule has 7 heteroatoms. The Morgan fingerprint density at radius 2 is 1.78 bits per heavy atom. The number of benzene rings is 1. The predicted molar refractivity (Wildman–Crippen MR) is 102 cm³/mol. The maximum absolute atomic E-state index is 11.9. The van der Waals surface area contributed by atoms with Gasteiger partial charge in [-0.15, -0.1) is 0 Å². The highest BCUT2D eigenvalue weighted by Crippen LogP contribution is 2.25. The van der Waals surface area contributed by atoms with Crippen molar-refractivity contribution in [1.82, 2.24) is 16.0 Å². The summed E-state index contributed by atoms with van der Waals surface area (Å²) < 4.78 is 5.08. The third-order valence-corrected chi connectivity index (χ3v) is 4.62. The smallest absolute Gasteiger partial charge is 0.308 e. The van der Waals surface area contributed by atoms with Gasteiger partial charge in [-0.3, -0.25) is 14.4 Å². The predicted octanol–water partition coefficient (Wildman–Crippen LogP) is 1.13. The van der Waals surface area contributed by atoms with E-state index in [0.29, 0.717) is 19.6 Å². The van der Waals surface area contributed by atoms with E-state index >= 15 is 0 Å². The van der Waals surface area contributed by atoms with Gasteiger partial charge >= 0.3 is 5.97 Å². The van der Waals surface area contributed by atoms with E-state index in [0.717, 1.165) is 24.8 Å². The van der Waals surface area contributed by atoms with E-state index in [-0.39, 0.29) is 42.8 Å². The molecule has 2 unspecified atom stereocenters. The first-order valence-corrected chi connectivity index (χ1v) is 9.55. The van der Waals surface area contributed by atoms with Gasteiger partial charge in [-0.1, -0.05) is 36.8 Å². The molecule has 1 aromatic carbocycles. The van der Waals surface area contributed by atoms with Crippen molar-refractivity contribution in [2.24, 2.45) is 5.92 Å². The molecule has 27 heavy (non-hydrogen) atoms. The second-order valence-corrected chi connectivity index (χ2v) is 6.73. The summed E-state index contributed by atoms with van der Waals surface area (Å²) in [4.78, 5) is 35.6. The van der Waals surface area contributed by atoms with Crippen LogP contribution in [0, 0.1) is 5.92 Å². The van der Waals surface area contributed by atoms with Crippen LogP contribution in [0.25, 0.3) is 0 Å². The number of hydrogen-bond donors (Lipinski definition) is 3. The molecule has 0 radical (unpaired) electrons. The van der Waals surface area contributed by atoms with Crippen molar-refractivity contribution >= 4 is 17.8 Å². The maximum atomic E-state index is 11.9. The molecule has 0 aliphatic heterocycles. The summed E-state index contributed by atoms with van der Waals surface area (Å²) in [6.45, 7) is 2.71. The molecular weight excluding hydrogens is 346 g/mol. The van der Waals surface area contributed by atoms with Crippen molar-refractivity contribution in [3.05, 3.63) is 35.9 Å². The Morgan fingerprint density at radius 1 is 1.04 bits per heavy atom. The fourth-order valence-electron chi connectivity index (χ4n) is 3.19. The van der Waals surface area contributed by atoms with E-state index in [1.54, 1.807) is 6.92 Å². The van der Waals surface area contributed by atoms with Gasteiger partial charge in [0.25, 0.3) is 0 Å². The van der Waals surface area contributed by atoms with E-state index in [9.17, 15) is 14.4 Å². The van der Waals surface area contributed by atoms with Crippen LogP contribution in [0.4, 0.5) is 0 Å². The quantitative estimate of drug-likeness (QED) is 0.562. The maximum Gasteiger partial charge on any atom is 0.308 e.